The largest absolute Gasteiger partial charge is 0.480 e. The summed E-state index contributed by atoms with van der Waals surface area (Å²) in [4.78, 5) is 24.3. The standard InChI is InChI=1S/C13H17FN2O4/c1-3-16(10-6-4-9(14)5-7-10)13(19)15-11(8-20-2)12(17)18/h4-7,11H,3,8H2,1-2H3,(H,15,19)(H,17,18). The van der Waals surface area contributed by atoms with Crippen molar-refractivity contribution in [2.24, 2.45) is 0 Å². The molecule has 0 bridgehead atoms. The number of carbonyl (C=O) groups excluding carboxylic acids is 1. The van der Waals surface area contributed by atoms with Gasteiger partial charge in [0, 0.05) is 19.3 Å². The van der Waals surface area contributed by atoms with Crippen molar-refractivity contribution in [2.75, 3.05) is 25.2 Å². The number of nitrogens with zero attached hydrogens (tertiary/aromatic N) is 1. The monoisotopic (exact) mass is 284 g/mol. The Morgan fingerprint density at radius 1 is 1.40 bits per heavy atom. The number of rotatable bonds is 6. The number of halogens is 1. The van der Waals surface area contributed by atoms with E-state index in [1.807, 2.05) is 0 Å². The van der Waals surface area contributed by atoms with Crippen molar-refractivity contribution in [1.29, 1.82) is 0 Å². The van der Waals surface area contributed by atoms with E-state index in [0.29, 0.717) is 12.2 Å². The number of carboxylic acid groups (broad SMARTS) is 1. The van der Waals surface area contributed by atoms with Gasteiger partial charge in [-0.2, -0.15) is 0 Å². The molecular weight excluding hydrogens is 267 g/mol. The lowest BCUT2D eigenvalue weighted by atomic mass is 10.2. The second kappa shape index (κ2) is 7.44. The van der Waals surface area contributed by atoms with Crippen molar-refractivity contribution in [3.05, 3.63) is 30.1 Å². The smallest absolute Gasteiger partial charge is 0.328 e. The molecule has 1 aromatic rings. The molecule has 1 rings (SSSR count). The van der Waals surface area contributed by atoms with E-state index in [2.05, 4.69) is 5.32 Å². The number of hydrogen-bond acceptors (Lipinski definition) is 3. The number of benzene rings is 1. The van der Waals surface area contributed by atoms with Gasteiger partial charge in [-0.25, -0.2) is 14.0 Å². The molecule has 0 aliphatic heterocycles. The zero-order valence-corrected chi connectivity index (χ0v) is 11.3. The van der Waals surface area contributed by atoms with Gasteiger partial charge in [0.2, 0.25) is 0 Å². The van der Waals surface area contributed by atoms with E-state index in [1.54, 1.807) is 6.92 Å². The Kier molecular flexibility index (Phi) is 5.92. The lowest BCUT2D eigenvalue weighted by Gasteiger charge is -2.23. The van der Waals surface area contributed by atoms with Gasteiger partial charge in [-0.15, -0.1) is 0 Å². The molecule has 110 valence electrons. The average molecular weight is 284 g/mol. The third kappa shape index (κ3) is 4.20. The first-order chi connectivity index (χ1) is 9.49. The van der Waals surface area contributed by atoms with Crippen molar-refractivity contribution in [3.63, 3.8) is 0 Å². The van der Waals surface area contributed by atoms with Crippen molar-refractivity contribution >= 4 is 17.7 Å². The molecule has 0 radical (unpaired) electrons. The maximum Gasteiger partial charge on any atom is 0.328 e. The highest BCUT2D eigenvalue weighted by molar-refractivity contribution is 5.94. The fraction of sp³-hybridized carbons (Fsp3) is 0.385. The number of methoxy groups -OCH3 is 1. The van der Waals surface area contributed by atoms with Crippen LogP contribution in [-0.4, -0.2) is 43.4 Å². The van der Waals surface area contributed by atoms with Crippen LogP contribution in [0.25, 0.3) is 0 Å². The zero-order chi connectivity index (χ0) is 15.1. The van der Waals surface area contributed by atoms with Gasteiger partial charge in [-0.05, 0) is 31.2 Å². The minimum Gasteiger partial charge on any atom is -0.480 e. The molecular formula is C13H17FN2O4. The fourth-order valence-corrected chi connectivity index (χ4v) is 1.63. The van der Waals surface area contributed by atoms with Crippen LogP contribution >= 0.6 is 0 Å². The number of carboxylic acids is 1. The molecule has 0 saturated carbocycles. The lowest BCUT2D eigenvalue weighted by Crippen LogP contribution is -2.50. The summed E-state index contributed by atoms with van der Waals surface area (Å²) in [5.41, 5.74) is 0.480. The summed E-state index contributed by atoms with van der Waals surface area (Å²) >= 11 is 0. The van der Waals surface area contributed by atoms with E-state index in [9.17, 15) is 14.0 Å². The third-order valence-corrected chi connectivity index (χ3v) is 2.63. The molecule has 0 heterocycles. The molecule has 2 amide bonds. The number of amides is 2. The lowest BCUT2D eigenvalue weighted by molar-refractivity contribution is -0.140. The minimum absolute atomic E-state index is 0.137. The average Bonchev–Trinajstić information content (AvgIpc) is 2.41. The molecule has 0 saturated heterocycles. The van der Waals surface area contributed by atoms with Crippen LogP contribution in [0.15, 0.2) is 24.3 Å². The summed E-state index contributed by atoms with van der Waals surface area (Å²) in [6.45, 7) is 1.91. The van der Waals surface area contributed by atoms with Crippen LogP contribution in [-0.2, 0) is 9.53 Å². The van der Waals surface area contributed by atoms with Crippen molar-refractivity contribution in [3.8, 4) is 0 Å². The van der Waals surface area contributed by atoms with Gasteiger partial charge >= 0.3 is 12.0 Å². The number of urea groups is 1. The molecule has 2 N–H and O–H groups in total. The van der Waals surface area contributed by atoms with Gasteiger partial charge < -0.3 is 15.2 Å². The summed E-state index contributed by atoms with van der Waals surface area (Å²) < 4.78 is 17.6. The number of anilines is 1. The molecule has 1 unspecified atom stereocenters. The number of carbonyl (C=O) groups is 2. The van der Waals surface area contributed by atoms with Gasteiger partial charge in [-0.3, -0.25) is 4.90 Å². The highest BCUT2D eigenvalue weighted by atomic mass is 19.1. The van der Waals surface area contributed by atoms with Gasteiger partial charge in [0.05, 0.1) is 6.61 Å². The molecule has 20 heavy (non-hydrogen) atoms. The normalized spacial score (nSPS) is 11.8. The van der Waals surface area contributed by atoms with E-state index in [-0.39, 0.29) is 6.61 Å². The SMILES string of the molecule is CCN(C(=O)NC(COC)C(=O)O)c1ccc(F)cc1. The van der Waals surface area contributed by atoms with Crippen LogP contribution in [0, 0.1) is 5.82 Å². The van der Waals surface area contributed by atoms with Gasteiger partial charge in [-0.1, -0.05) is 0 Å². The Hall–Kier alpha value is -2.15. The van der Waals surface area contributed by atoms with Crippen molar-refractivity contribution < 1.29 is 23.8 Å². The van der Waals surface area contributed by atoms with E-state index in [0.717, 1.165) is 0 Å². The van der Waals surface area contributed by atoms with E-state index in [1.165, 1.54) is 36.3 Å². The van der Waals surface area contributed by atoms with Gasteiger partial charge in [0.1, 0.15) is 5.82 Å². The quantitative estimate of drug-likeness (QED) is 0.829. The van der Waals surface area contributed by atoms with Crippen LogP contribution in [0.5, 0.6) is 0 Å². The van der Waals surface area contributed by atoms with E-state index >= 15 is 0 Å². The number of ether oxygens (including phenoxy) is 1. The Balaban J connectivity index is 2.81. The molecule has 0 aliphatic carbocycles. The maximum atomic E-state index is 12.9. The van der Waals surface area contributed by atoms with Crippen molar-refractivity contribution in [2.45, 2.75) is 13.0 Å². The predicted octanol–water partition coefficient (Wildman–Crippen LogP) is 1.46. The Morgan fingerprint density at radius 3 is 2.45 bits per heavy atom. The molecule has 0 aliphatic rings. The fourth-order valence-electron chi connectivity index (χ4n) is 1.63. The minimum atomic E-state index is -1.18. The molecule has 1 aromatic carbocycles. The zero-order valence-electron chi connectivity index (χ0n) is 11.3. The van der Waals surface area contributed by atoms with Crippen LogP contribution in [0.2, 0.25) is 0 Å². The maximum absolute atomic E-state index is 12.9. The van der Waals surface area contributed by atoms with Gasteiger partial charge in [0.15, 0.2) is 6.04 Å². The topological polar surface area (TPSA) is 78.9 Å². The first kappa shape index (κ1) is 15.9. The first-order valence-corrected chi connectivity index (χ1v) is 6.05. The first-order valence-electron chi connectivity index (χ1n) is 6.05. The second-order valence-corrected chi connectivity index (χ2v) is 4.02. The van der Waals surface area contributed by atoms with Crippen molar-refractivity contribution in [1.82, 2.24) is 5.32 Å². The second-order valence-electron chi connectivity index (χ2n) is 4.02. The Morgan fingerprint density at radius 2 is 2.00 bits per heavy atom. The molecule has 7 heteroatoms. The van der Waals surface area contributed by atoms with Crippen LogP contribution < -0.4 is 10.2 Å². The number of hydrogen-bond donors (Lipinski definition) is 2. The number of nitrogens with one attached hydrogen (secondary N) is 1. The third-order valence-electron chi connectivity index (χ3n) is 2.63. The Labute approximate surface area is 116 Å². The summed E-state index contributed by atoms with van der Waals surface area (Å²) in [5, 5.41) is 11.3. The van der Waals surface area contributed by atoms with Crippen LogP contribution in [0.1, 0.15) is 6.92 Å². The molecule has 0 spiro atoms. The molecule has 6 nitrogen and oxygen atoms in total. The summed E-state index contributed by atoms with van der Waals surface area (Å²) in [6.07, 6.45) is 0. The van der Waals surface area contributed by atoms with E-state index < -0.39 is 23.9 Å². The highest BCUT2D eigenvalue weighted by Gasteiger charge is 2.23. The van der Waals surface area contributed by atoms with Crippen LogP contribution in [0.3, 0.4) is 0 Å². The molecule has 0 fully saturated rings. The van der Waals surface area contributed by atoms with Gasteiger partial charge in [0.25, 0.3) is 0 Å². The summed E-state index contributed by atoms with van der Waals surface area (Å²) in [6, 6.07) is 3.64. The van der Waals surface area contributed by atoms with E-state index in [4.69, 9.17) is 9.84 Å². The molecule has 1 atom stereocenters. The van der Waals surface area contributed by atoms with Crippen LogP contribution in [0.4, 0.5) is 14.9 Å². The predicted molar refractivity (Wildman–Crippen MR) is 71.3 cm³/mol. The number of aliphatic carboxylic acids is 1. The summed E-state index contributed by atoms with van der Waals surface area (Å²) in [5.74, 6) is -1.59. The summed E-state index contributed by atoms with van der Waals surface area (Å²) in [7, 11) is 1.35. The molecule has 0 aromatic heterocycles. The Bertz CT molecular complexity index is 464. The highest BCUT2D eigenvalue weighted by Crippen LogP contribution is 2.14.